The number of rotatable bonds is 4. The van der Waals surface area contributed by atoms with Gasteiger partial charge in [0.05, 0.1) is 12.2 Å². The number of nitrogens with zero attached hydrogens (tertiary/aromatic N) is 1. The van der Waals surface area contributed by atoms with Gasteiger partial charge in [0.2, 0.25) is 0 Å². The van der Waals surface area contributed by atoms with Gasteiger partial charge in [-0.05, 0) is 25.1 Å². The highest BCUT2D eigenvalue weighted by Crippen LogP contribution is 2.32. The van der Waals surface area contributed by atoms with Gasteiger partial charge in [-0.15, -0.1) is 0 Å². The topological polar surface area (TPSA) is 46.6 Å². The van der Waals surface area contributed by atoms with Crippen LogP contribution in [0.2, 0.25) is 0 Å². The number of ether oxygens (including phenoxy) is 1. The summed E-state index contributed by atoms with van der Waals surface area (Å²) in [6, 6.07) is 1.90. The summed E-state index contributed by atoms with van der Waals surface area (Å²) < 4.78 is 55.4. The number of likely N-dealkylation sites (N-methyl/N-ethyl adjacent to an activating group) is 1. The molecule has 0 fully saturated rings. The maximum absolute atomic E-state index is 13.1. The van der Waals surface area contributed by atoms with Gasteiger partial charge in [-0.1, -0.05) is 0 Å². The van der Waals surface area contributed by atoms with Crippen LogP contribution in [0.5, 0.6) is 0 Å². The van der Waals surface area contributed by atoms with Crippen LogP contribution < -0.4 is 0 Å². The van der Waals surface area contributed by atoms with Gasteiger partial charge >= 0.3 is 12.1 Å². The van der Waals surface area contributed by atoms with E-state index in [1.54, 1.807) is 6.92 Å². The summed E-state index contributed by atoms with van der Waals surface area (Å²) in [6.07, 6.45) is -4.90. The van der Waals surface area contributed by atoms with E-state index in [-0.39, 0.29) is 12.2 Å². The third-order valence-electron chi connectivity index (χ3n) is 2.54. The lowest BCUT2D eigenvalue weighted by Gasteiger charge is -2.17. The molecule has 0 unspecified atom stereocenters. The Morgan fingerprint density at radius 1 is 1.29 bits per heavy atom. The van der Waals surface area contributed by atoms with Crippen LogP contribution in [0.4, 0.5) is 17.6 Å². The molecule has 4 nitrogen and oxygen atoms in total. The molecule has 21 heavy (non-hydrogen) atoms. The molecule has 1 amide bonds. The van der Waals surface area contributed by atoms with Gasteiger partial charge in [-0.25, -0.2) is 4.39 Å². The molecule has 0 spiro atoms. The highest BCUT2D eigenvalue weighted by atomic mass is 19.4. The van der Waals surface area contributed by atoms with Gasteiger partial charge < -0.3 is 9.64 Å². The van der Waals surface area contributed by atoms with Crippen molar-refractivity contribution in [2.75, 3.05) is 20.2 Å². The van der Waals surface area contributed by atoms with Crippen LogP contribution in [-0.2, 0) is 15.7 Å². The van der Waals surface area contributed by atoms with Crippen LogP contribution in [0.3, 0.4) is 0 Å². The minimum Gasteiger partial charge on any atom is -0.465 e. The summed E-state index contributed by atoms with van der Waals surface area (Å²) in [4.78, 5) is 24.0. The fraction of sp³-hybridized carbons (Fsp3) is 0.385. The zero-order chi connectivity index (χ0) is 16.2. The molecule has 0 saturated carbocycles. The number of benzene rings is 1. The van der Waals surface area contributed by atoms with E-state index in [4.69, 9.17) is 0 Å². The Hall–Kier alpha value is -2.12. The Bertz CT molecular complexity index is 543. The van der Waals surface area contributed by atoms with Crippen molar-refractivity contribution in [2.45, 2.75) is 13.1 Å². The number of amides is 1. The summed E-state index contributed by atoms with van der Waals surface area (Å²) >= 11 is 0. The number of halogens is 4. The van der Waals surface area contributed by atoms with Crippen molar-refractivity contribution in [1.82, 2.24) is 4.90 Å². The lowest BCUT2D eigenvalue weighted by atomic mass is 10.1. The summed E-state index contributed by atoms with van der Waals surface area (Å²) in [5.74, 6) is -2.99. The van der Waals surface area contributed by atoms with Crippen molar-refractivity contribution in [3.63, 3.8) is 0 Å². The van der Waals surface area contributed by atoms with E-state index in [2.05, 4.69) is 4.74 Å². The van der Waals surface area contributed by atoms with Gasteiger partial charge in [0.25, 0.3) is 5.91 Å². The zero-order valence-electron chi connectivity index (χ0n) is 11.3. The molecule has 1 aromatic rings. The van der Waals surface area contributed by atoms with Crippen molar-refractivity contribution >= 4 is 11.9 Å². The average Bonchev–Trinajstić information content (AvgIpc) is 2.37. The maximum atomic E-state index is 13.1. The van der Waals surface area contributed by atoms with Crippen molar-refractivity contribution in [2.24, 2.45) is 0 Å². The summed E-state index contributed by atoms with van der Waals surface area (Å²) in [6.45, 7) is 1.29. The first-order valence-electron chi connectivity index (χ1n) is 5.94. The van der Waals surface area contributed by atoms with Crippen molar-refractivity contribution in [3.8, 4) is 0 Å². The lowest BCUT2D eigenvalue weighted by molar-refractivity contribution is -0.143. The molecular weight excluding hydrogens is 294 g/mol. The van der Waals surface area contributed by atoms with E-state index in [0.717, 1.165) is 11.0 Å². The van der Waals surface area contributed by atoms with Crippen LogP contribution >= 0.6 is 0 Å². The summed E-state index contributed by atoms with van der Waals surface area (Å²) in [5.41, 5.74) is -1.89. The van der Waals surface area contributed by atoms with Crippen LogP contribution in [0.25, 0.3) is 0 Å². The highest BCUT2D eigenvalue weighted by Gasteiger charge is 2.35. The molecular formula is C13H13F4NO3. The quantitative estimate of drug-likeness (QED) is 0.634. The van der Waals surface area contributed by atoms with E-state index in [1.165, 1.54) is 7.05 Å². The number of carbonyl (C=O) groups is 2. The van der Waals surface area contributed by atoms with Crippen molar-refractivity contribution in [3.05, 3.63) is 35.1 Å². The molecule has 0 radical (unpaired) electrons. The van der Waals surface area contributed by atoms with E-state index < -0.39 is 36.0 Å². The number of hydrogen-bond acceptors (Lipinski definition) is 3. The summed E-state index contributed by atoms with van der Waals surface area (Å²) in [7, 11) is 1.23. The smallest absolute Gasteiger partial charge is 0.419 e. The SMILES string of the molecule is CCOC(=O)CN(C)C(=O)c1ccc(F)c(C(F)(F)F)c1. The lowest BCUT2D eigenvalue weighted by Crippen LogP contribution is -2.33. The molecule has 116 valence electrons. The monoisotopic (exact) mass is 307 g/mol. The largest absolute Gasteiger partial charge is 0.465 e. The molecule has 1 aromatic carbocycles. The Balaban J connectivity index is 2.95. The Morgan fingerprint density at radius 2 is 1.90 bits per heavy atom. The first-order valence-corrected chi connectivity index (χ1v) is 5.94. The fourth-order valence-corrected chi connectivity index (χ4v) is 1.57. The van der Waals surface area contributed by atoms with E-state index in [9.17, 15) is 27.2 Å². The number of esters is 1. The van der Waals surface area contributed by atoms with Crippen LogP contribution in [0.15, 0.2) is 18.2 Å². The van der Waals surface area contributed by atoms with E-state index in [0.29, 0.717) is 12.1 Å². The molecule has 0 atom stereocenters. The molecule has 0 N–H and O–H groups in total. The Morgan fingerprint density at radius 3 is 2.43 bits per heavy atom. The molecule has 0 heterocycles. The van der Waals surface area contributed by atoms with Crippen molar-refractivity contribution in [1.29, 1.82) is 0 Å². The Labute approximate surface area is 118 Å². The molecule has 0 saturated heterocycles. The minimum atomic E-state index is -4.90. The second-order valence-electron chi connectivity index (χ2n) is 4.16. The fourth-order valence-electron chi connectivity index (χ4n) is 1.57. The van der Waals surface area contributed by atoms with Gasteiger partial charge in [0.1, 0.15) is 12.4 Å². The second kappa shape index (κ2) is 6.55. The Kier molecular flexibility index (Phi) is 5.28. The molecule has 0 aliphatic rings. The van der Waals surface area contributed by atoms with Crippen molar-refractivity contribution < 1.29 is 31.9 Å². The third kappa shape index (κ3) is 4.44. The van der Waals surface area contributed by atoms with Gasteiger partial charge in [0, 0.05) is 12.6 Å². The standard InChI is InChI=1S/C13H13F4NO3/c1-3-21-11(19)7-18(2)12(20)8-4-5-10(14)9(6-8)13(15,16)17/h4-6H,3,7H2,1-2H3. The molecule has 0 aliphatic carbocycles. The van der Waals surface area contributed by atoms with Crippen LogP contribution in [0.1, 0.15) is 22.8 Å². The normalized spacial score (nSPS) is 11.1. The number of hydrogen-bond donors (Lipinski definition) is 0. The molecule has 1 rings (SSSR count). The number of alkyl halides is 3. The summed E-state index contributed by atoms with van der Waals surface area (Å²) in [5, 5.41) is 0. The number of carbonyl (C=O) groups excluding carboxylic acids is 2. The van der Waals surface area contributed by atoms with Crippen LogP contribution in [0, 0.1) is 5.82 Å². The average molecular weight is 307 g/mol. The van der Waals surface area contributed by atoms with Crippen LogP contribution in [-0.4, -0.2) is 37.0 Å². The molecule has 8 heteroatoms. The highest BCUT2D eigenvalue weighted by molar-refractivity contribution is 5.96. The molecule has 0 aromatic heterocycles. The predicted molar refractivity (Wildman–Crippen MR) is 65.0 cm³/mol. The first-order chi connectivity index (χ1) is 9.66. The maximum Gasteiger partial charge on any atom is 0.419 e. The third-order valence-corrected chi connectivity index (χ3v) is 2.54. The second-order valence-corrected chi connectivity index (χ2v) is 4.16. The van der Waals surface area contributed by atoms with E-state index in [1.807, 2.05) is 0 Å². The first kappa shape index (κ1) is 16.9. The van der Waals surface area contributed by atoms with Gasteiger partial charge in [-0.2, -0.15) is 13.2 Å². The van der Waals surface area contributed by atoms with E-state index >= 15 is 0 Å². The minimum absolute atomic E-state index is 0.121. The van der Waals surface area contributed by atoms with Gasteiger partial charge in [-0.3, -0.25) is 9.59 Å². The predicted octanol–water partition coefficient (Wildman–Crippen LogP) is 2.48. The molecule has 0 bridgehead atoms. The molecule has 0 aliphatic heterocycles. The zero-order valence-corrected chi connectivity index (χ0v) is 11.3. The van der Waals surface area contributed by atoms with Gasteiger partial charge in [0.15, 0.2) is 0 Å².